The van der Waals surface area contributed by atoms with Crippen LogP contribution in [-0.2, 0) is 10.0 Å². The van der Waals surface area contributed by atoms with Gasteiger partial charge >= 0.3 is 5.97 Å². The van der Waals surface area contributed by atoms with Gasteiger partial charge in [0.25, 0.3) is 0 Å². The summed E-state index contributed by atoms with van der Waals surface area (Å²) in [5, 5.41) is 8.93. The number of hydrogen-bond acceptors (Lipinski definition) is 4. The van der Waals surface area contributed by atoms with Gasteiger partial charge in [-0.1, -0.05) is 19.3 Å². The second-order valence-electron chi connectivity index (χ2n) is 5.01. The molecule has 1 saturated carbocycles. The average Bonchev–Trinajstić information content (AvgIpc) is 2.39. The van der Waals surface area contributed by atoms with E-state index in [2.05, 4.69) is 4.72 Å². The Balaban J connectivity index is 2.28. The molecule has 1 aliphatic rings. The molecule has 6 nitrogen and oxygen atoms in total. The fourth-order valence-electron chi connectivity index (χ4n) is 2.40. The van der Waals surface area contributed by atoms with Crippen LogP contribution in [0.1, 0.15) is 42.5 Å². The molecule has 20 heavy (non-hydrogen) atoms. The molecule has 110 valence electrons. The Kier molecular flexibility index (Phi) is 4.29. The summed E-state index contributed by atoms with van der Waals surface area (Å²) in [6.45, 7) is 0. The van der Waals surface area contributed by atoms with E-state index in [1.165, 1.54) is 12.1 Å². The minimum absolute atomic E-state index is 0.0540. The Bertz CT molecular complexity index is 607. The van der Waals surface area contributed by atoms with E-state index in [1.807, 2.05) is 0 Å². The third kappa shape index (κ3) is 3.29. The number of hydrogen-bond donors (Lipinski definition) is 3. The van der Waals surface area contributed by atoms with Crippen LogP contribution in [0.3, 0.4) is 0 Å². The molecular weight excluding hydrogens is 280 g/mol. The van der Waals surface area contributed by atoms with Crippen molar-refractivity contribution in [1.82, 2.24) is 4.72 Å². The van der Waals surface area contributed by atoms with Crippen LogP contribution >= 0.6 is 0 Å². The Morgan fingerprint density at radius 1 is 1.25 bits per heavy atom. The van der Waals surface area contributed by atoms with Crippen LogP contribution in [0.15, 0.2) is 23.1 Å². The van der Waals surface area contributed by atoms with Crippen molar-refractivity contribution < 1.29 is 18.3 Å². The number of nitrogens with one attached hydrogen (secondary N) is 1. The molecule has 7 heteroatoms. The molecule has 0 bridgehead atoms. The van der Waals surface area contributed by atoms with Gasteiger partial charge in [-0.2, -0.15) is 0 Å². The number of carbonyl (C=O) groups is 1. The number of carboxylic acids is 1. The van der Waals surface area contributed by atoms with Crippen molar-refractivity contribution in [2.75, 3.05) is 5.73 Å². The number of aromatic carboxylic acids is 1. The fraction of sp³-hybridized carbons (Fsp3) is 0.462. The molecule has 2 rings (SSSR count). The van der Waals surface area contributed by atoms with Gasteiger partial charge in [-0.15, -0.1) is 0 Å². The second kappa shape index (κ2) is 5.80. The topological polar surface area (TPSA) is 109 Å². The first kappa shape index (κ1) is 14.8. The van der Waals surface area contributed by atoms with Gasteiger partial charge in [-0.25, -0.2) is 17.9 Å². The lowest BCUT2D eigenvalue weighted by Gasteiger charge is -2.23. The molecule has 0 atom stereocenters. The highest BCUT2D eigenvalue weighted by molar-refractivity contribution is 7.89. The van der Waals surface area contributed by atoms with Gasteiger partial charge in [0.1, 0.15) is 4.90 Å². The Morgan fingerprint density at radius 3 is 2.50 bits per heavy atom. The molecule has 4 N–H and O–H groups in total. The van der Waals surface area contributed by atoms with Crippen LogP contribution in [0, 0.1) is 0 Å². The summed E-state index contributed by atoms with van der Waals surface area (Å²) in [6, 6.07) is 3.60. The molecular formula is C13H18N2O4S. The lowest BCUT2D eigenvalue weighted by atomic mass is 9.96. The first-order valence-corrected chi connectivity index (χ1v) is 8.03. The van der Waals surface area contributed by atoms with Crippen molar-refractivity contribution in [2.45, 2.75) is 43.0 Å². The zero-order chi connectivity index (χ0) is 14.8. The molecule has 0 amide bonds. The third-order valence-electron chi connectivity index (χ3n) is 3.48. The number of nitrogens with two attached hydrogens (primary N) is 1. The van der Waals surface area contributed by atoms with Crippen molar-refractivity contribution in [1.29, 1.82) is 0 Å². The molecule has 0 saturated heterocycles. The number of carboxylic acid groups (broad SMARTS) is 1. The molecule has 1 aromatic carbocycles. The molecule has 0 aromatic heterocycles. The minimum atomic E-state index is -3.78. The molecule has 0 aliphatic heterocycles. The van der Waals surface area contributed by atoms with Crippen LogP contribution in [-0.4, -0.2) is 25.5 Å². The van der Waals surface area contributed by atoms with E-state index >= 15 is 0 Å². The predicted molar refractivity (Wildman–Crippen MR) is 75.0 cm³/mol. The summed E-state index contributed by atoms with van der Waals surface area (Å²) in [5.41, 5.74) is 5.63. The van der Waals surface area contributed by atoms with Gasteiger partial charge in [0.15, 0.2) is 0 Å². The van der Waals surface area contributed by atoms with Crippen LogP contribution in [0.5, 0.6) is 0 Å². The SMILES string of the molecule is Nc1ccc(C(=O)O)cc1S(=O)(=O)NC1CCCCC1. The van der Waals surface area contributed by atoms with E-state index in [4.69, 9.17) is 10.8 Å². The molecule has 1 fully saturated rings. The van der Waals surface area contributed by atoms with E-state index in [0.717, 1.165) is 38.2 Å². The van der Waals surface area contributed by atoms with Crippen LogP contribution in [0.25, 0.3) is 0 Å². The molecule has 1 aliphatic carbocycles. The van der Waals surface area contributed by atoms with Gasteiger partial charge in [0, 0.05) is 6.04 Å². The number of benzene rings is 1. The van der Waals surface area contributed by atoms with Gasteiger partial charge in [0.2, 0.25) is 10.0 Å². The highest BCUT2D eigenvalue weighted by atomic mass is 32.2. The standard InChI is InChI=1S/C13H18N2O4S/c14-11-7-6-9(13(16)17)8-12(11)20(18,19)15-10-4-2-1-3-5-10/h6-8,10,15H,1-5,14H2,(H,16,17). The summed E-state index contributed by atoms with van der Waals surface area (Å²) in [5.74, 6) is -1.18. The quantitative estimate of drug-likeness (QED) is 0.731. The van der Waals surface area contributed by atoms with Gasteiger partial charge in [-0.05, 0) is 31.0 Å². The summed E-state index contributed by atoms with van der Waals surface area (Å²) in [4.78, 5) is 10.8. The maximum atomic E-state index is 12.3. The Labute approximate surface area is 118 Å². The number of rotatable bonds is 4. The highest BCUT2D eigenvalue weighted by Gasteiger charge is 2.24. The maximum Gasteiger partial charge on any atom is 0.335 e. The van der Waals surface area contributed by atoms with E-state index in [0.29, 0.717) is 0 Å². The smallest absolute Gasteiger partial charge is 0.335 e. The molecule has 0 unspecified atom stereocenters. The average molecular weight is 298 g/mol. The van der Waals surface area contributed by atoms with Gasteiger partial charge in [-0.3, -0.25) is 0 Å². The molecule has 1 aromatic rings. The molecule has 0 heterocycles. The predicted octanol–water partition coefficient (Wildman–Crippen LogP) is 1.58. The lowest BCUT2D eigenvalue weighted by molar-refractivity contribution is 0.0696. The van der Waals surface area contributed by atoms with Gasteiger partial charge in [0.05, 0.1) is 11.3 Å². The Hall–Kier alpha value is -1.60. The number of nitrogen functional groups attached to an aromatic ring is 1. The van der Waals surface area contributed by atoms with Gasteiger partial charge < -0.3 is 10.8 Å². The summed E-state index contributed by atoms with van der Waals surface area (Å²) < 4.78 is 27.2. The van der Waals surface area contributed by atoms with Crippen molar-refractivity contribution >= 4 is 21.7 Å². The van der Waals surface area contributed by atoms with Crippen LogP contribution in [0.2, 0.25) is 0 Å². The van der Waals surface area contributed by atoms with Crippen LogP contribution in [0.4, 0.5) is 5.69 Å². The highest BCUT2D eigenvalue weighted by Crippen LogP contribution is 2.23. The summed E-state index contributed by atoms with van der Waals surface area (Å²) in [6.07, 6.45) is 4.72. The zero-order valence-electron chi connectivity index (χ0n) is 11.0. The van der Waals surface area contributed by atoms with Crippen molar-refractivity contribution in [3.8, 4) is 0 Å². The number of sulfonamides is 1. The number of anilines is 1. The van der Waals surface area contributed by atoms with E-state index in [1.54, 1.807) is 0 Å². The lowest BCUT2D eigenvalue weighted by Crippen LogP contribution is -2.36. The monoisotopic (exact) mass is 298 g/mol. The first-order chi connectivity index (χ1) is 9.40. The fourth-order valence-corrected chi connectivity index (χ4v) is 3.87. The second-order valence-corrected chi connectivity index (χ2v) is 6.70. The molecule has 0 spiro atoms. The third-order valence-corrected chi connectivity index (χ3v) is 5.05. The van der Waals surface area contributed by atoms with Crippen molar-refractivity contribution in [2.24, 2.45) is 0 Å². The summed E-state index contributed by atoms with van der Waals surface area (Å²) >= 11 is 0. The van der Waals surface area contributed by atoms with Crippen molar-refractivity contribution in [3.05, 3.63) is 23.8 Å². The van der Waals surface area contributed by atoms with Crippen molar-refractivity contribution in [3.63, 3.8) is 0 Å². The van der Waals surface area contributed by atoms with Crippen LogP contribution < -0.4 is 10.5 Å². The largest absolute Gasteiger partial charge is 0.478 e. The first-order valence-electron chi connectivity index (χ1n) is 6.55. The summed E-state index contributed by atoms with van der Waals surface area (Å²) in [7, 11) is -3.78. The minimum Gasteiger partial charge on any atom is -0.478 e. The molecule has 0 radical (unpaired) electrons. The van der Waals surface area contributed by atoms with E-state index in [-0.39, 0.29) is 22.2 Å². The zero-order valence-corrected chi connectivity index (χ0v) is 11.8. The normalized spacial score (nSPS) is 17.0. The Morgan fingerprint density at radius 2 is 1.90 bits per heavy atom. The maximum absolute atomic E-state index is 12.3. The van der Waals surface area contributed by atoms with E-state index < -0.39 is 16.0 Å². The van der Waals surface area contributed by atoms with E-state index in [9.17, 15) is 13.2 Å².